The van der Waals surface area contributed by atoms with Crippen LogP contribution in [0.2, 0.25) is 0 Å². The molecule has 236 valence electrons. The predicted octanol–water partition coefficient (Wildman–Crippen LogP) is 4.96. The van der Waals surface area contributed by atoms with Gasteiger partial charge >= 0.3 is 0 Å². The number of nitrogens with one attached hydrogen (secondary N) is 3. The number of rotatable bonds is 9. The number of piperazine rings is 1. The molecule has 9 nitrogen and oxygen atoms in total. The molecule has 4 aromatic rings. The highest BCUT2D eigenvalue weighted by Crippen LogP contribution is 2.38. The number of hydrogen-bond acceptors (Lipinski definition) is 7. The minimum atomic E-state index is -0.444. The number of carbonyl (C=O) groups excluding carboxylic acids is 3. The van der Waals surface area contributed by atoms with Gasteiger partial charge in [-0.1, -0.05) is 24.3 Å². The molecule has 3 aromatic carbocycles. The van der Waals surface area contributed by atoms with Gasteiger partial charge in [0.05, 0.1) is 28.4 Å². The lowest BCUT2D eigenvalue weighted by atomic mass is 9.98. The SMILES string of the molecule is CN1CCN(CC(=O)N(C)c2ccc(NC(=C3C(=O)Nc4cc(F)ccc43)c3cccc(CNC(=O)c4cccs4)c3)cc2)CC1. The van der Waals surface area contributed by atoms with E-state index < -0.39 is 5.82 Å². The van der Waals surface area contributed by atoms with Crippen LogP contribution in [-0.2, 0) is 16.1 Å². The van der Waals surface area contributed by atoms with Crippen molar-refractivity contribution < 1.29 is 18.8 Å². The fourth-order valence-corrected chi connectivity index (χ4v) is 6.19. The first kappa shape index (κ1) is 31.2. The minimum Gasteiger partial charge on any atom is -0.354 e. The first-order valence-corrected chi connectivity index (χ1v) is 15.9. The largest absolute Gasteiger partial charge is 0.354 e. The molecule has 0 atom stereocenters. The lowest BCUT2D eigenvalue weighted by Crippen LogP contribution is -2.48. The molecular formula is C35H35FN6O3S. The van der Waals surface area contributed by atoms with E-state index in [4.69, 9.17) is 0 Å². The van der Waals surface area contributed by atoms with Crippen LogP contribution in [0.15, 0.2) is 84.2 Å². The Morgan fingerprint density at radius 1 is 0.978 bits per heavy atom. The third-order valence-corrected chi connectivity index (χ3v) is 9.11. The summed E-state index contributed by atoms with van der Waals surface area (Å²) in [6, 6.07) is 22.8. The molecule has 3 heterocycles. The monoisotopic (exact) mass is 638 g/mol. The van der Waals surface area contributed by atoms with E-state index in [2.05, 4.69) is 32.8 Å². The zero-order valence-corrected chi connectivity index (χ0v) is 26.5. The average molecular weight is 639 g/mol. The van der Waals surface area contributed by atoms with Gasteiger partial charge in [0.25, 0.3) is 11.8 Å². The third kappa shape index (κ3) is 7.02. The van der Waals surface area contributed by atoms with Crippen molar-refractivity contribution in [2.75, 3.05) is 62.4 Å². The Morgan fingerprint density at radius 2 is 1.76 bits per heavy atom. The Balaban J connectivity index is 1.26. The first-order chi connectivity index (χ1) is 22.2. The van der Waals surface area contributed by atoms with Crippen LogP contribution in [0.3, 0.4) is 0 Å². The van der Waals surface area contributed by atoms with Gasteiger partial charge < -0.3 is 25.8 Å². The molecule has 11 heteroatoms. The number of anilines is 3. The second-order valence-electron chi connectivity index (χ2n) is 11.5. The predicted molar refractivity (Wildman–Crippen MR) is 181 cm³/mol. The number of hydrogen-bond donors (Lipinski definition) is 3. The lowest BCUT2D eigenvalue weighted by molar-refractivity contribution is -0.119. The number of carbonyl (C=O) groups is 3. The summed E-state index contributed by atoms with van der Waals surface area (Å²) in [6.07, 6.45) is 0. The van der Waals surface area contributed by atoms with E-state index in [1.54, 1.807) is 24.1 Å². The van der Waals surface area contributed by atoms with Crippen molar-refractivity contribution in [1.82, 2.24) is 15.1 Å². The van der Waals surface area contributed by atoms with E-state index in [-0.39, 0.29) is 17.7 Å². The molecule has 0 bridgehead atoms. The first-order valence-electron chi connectivity index (χ1n) is 15.1. The molecule has 0 saturated carbocycles. The summed E-state index contributed by atoms with van der Waals surface area (Å²) in [5, 5.41) is 11.0. The van der Waals surface area contributed by atoms with Gasteiger partial charge in [0.2, 0.25) is 5.91 Å². The van der Waals surface area contributed by atoms with Gasteiger partial charge in [-0.05, 0) is 78.2 Å². The number of benzene rings is 3. The average Bonchev–Trinajstić information content (AvgIpc) is 3.71. The summed E-state index contributed by atoms with van der Waals surface area (Å²) in [6.45, 7) is 4.27. The van der Waals surface area contributed by atoms with Crippen LogP contribution in [0.4, 0.5) is 21.5 Å². The smallest absolute Gasteiger partial charge is 0.261 e. The molecule has 2 aliphatic heterocycles. The van der Waals surface area contributed by atoms with Crippen LogP contribution in [0.25, 0.3) is 11.3 Å². The van der Waals surface area contributed by atoms with E-state index in [1.165, 1.54) is 23.5 Å². The normalized spacial score (nSPS) is 16.0. The van der Waals surface area contributed by atoms with Gasteiger partial charge in [-0.15, -0.1) is 11.3 Å². The summed E-state index contributed by atoms with van der Waals surface area (Å²) in [5.74, 6) is -0.941. The van der Waals surface area contributed by atoms with E-state index in [0.717, 1.165) is 37.4 Å². The Hall–Kier alpha value is -4.84. The molecule has 0 radical (unpaired) electrons. The molecule has 1 saturated heterocycles. The molecule has 1 aromatic heterocycles. The second kappa shape index (κ2) is 13.7. The summed E-state index contributed by atoms with van der Waals surface area (Å²) in [7, 11) is 3.86. The number of halogens is 1. The van der Waals surface area contributed by atoms with Gasteiger partial charge in [0.1, 0.15) is 5.82 Å². The molecule has 2 aliphatic rings. The maximum absolute atomic E-state index is 14.0. The fraction of sp³-hybridized carbons (Fsp3) is 0.229. The van der Waals surface area contributed by atoms with Crippen molar-refractivity contribution in [2.24, 2.45) is 0 Å². The maximum Gasteiger partial charge on any atom is 0.261 e. The van der Waals surface area contributed by atoms with Crippen molar-refractivity contribution in [3.8, 4) is 0 Å². The number of likely N-dealkylation sites (N-methyl/N-ethyl adjacent to an activating group) is 2. The van der Waals surface area contributed by atoms with Crippen LogP contribution in [-0.4, -0.2) is 74.3 Å². The zero-order valence-electron chi connectivity index (χ0n) is 25.7. The van der Waals surface area contributed by atoms with Gasteiger partial charge in [-0.2, -0.15) is 0 Å². The Labute approximate surface area is 271 Å². The number of fused-ring (bicyclic) bond motifs is 1. The summed E-state index contributed by atoms with van der Waals surface area (Å²) in [4.78, 5) is 45.6. The number of thiophene rings is 1. The van der Waals surface area contributed by atoms with E-state index >= 15 is 0 Å². The second-order valence-corrected chi connectivity index (χ2v) is 12.4. The molecule has 6 rings (SSSR count). The summed E-state index contributed by atoms with van der Waals surface area (Å²) < 4.78 is 14.0. The number of amides is 3. The maximum atomic E-state index is 14.0. The lowest BCUT2D eigenvalue weighted by Gasteiger charge is -2.32. The minimum absolute atomic E-state index is 0.0162. The van der Waals surface area contributed by atoms with Crippen LogP contribution in [0, 0.1) is 5.82 Å². The highest BCUT2D eigenvalue weighted by Gasteiger charge is 2.29. The molecule has 0 unspecified atom stereocenters. The van der Waals surface area contributed by atoms with Crippen molar-refractivity contribution in [3.63, 3.8) is 0 Å². The van der Waals surface area contributed by atoms with Crippen LogP contribution in [0.5, 0.6) is 0 Å². The van der Waals surface area contributed by atoms with E-state index in [1.807, 2.05) is 60.0 Å². The molecule has 3 amide bonds. The third-order valence-electron chi connectivity index (χ3n) is 8.24. The molecule has 0 spiro atoms. The molecular weight excluding hydrogens is 603 g/mol. The van der Waals surface area contributed by atoms with Crippen molar-refractivity contribution in [1.29, 1.82) is 0 Å². The Bertz CT molecular complexity index is 1780. The zero-order chi connectivity index (χ0) is 32.2. The summed E-state index contributed by atoms with van der Waals surface area (Å²) >= 11 is 1.37. The standard InChI is InChI=1S/C35H35FN6O3S/c1-40-14-16-42(17-15-40)22-31(43)41(2)27-11-9-26(10-12-27)38-33(32-28-13-8-25(36)20-29(28)39-35(32)45)24-6-3-5-23(19-24)21-37-34(44)30-7-4-18-46-30/h3-13,18-20,38H,14-17,21-22H2,1-2H3,(H,37,44)(H,39,45). The van der Waals surface area contributed by atoms with Crippen molar-refractivity contribution in [2.45, 2.75) is 6.54 Å². The quantitative estimate of drug-likeness (QED) is 0.225. The van der Waals surface area contributed by atoms with Crippen LogP contribution >= 0.6 is 11.3 Å². The van der Waals surface area contributed by atoms with Crippen molar-refractivity contribution in [3.05, 3.63) is 112 Å². The van der Waals surface area contributed by atoms with Crippen LogP contribution in [0.1, 0.15) is 26.4 Å². The molecule has 0 aliphatic carbocycles. The summed E-state index contributed by atoms with van der Waals surface area (Å²) in [5.41, 5.74) is 4.89. The van der Waals surface area contributed by atoms with E-state index in [9.17, 15) is 18.8 Å². The molecule has 1 fully saturated rings. The topological polar surface area (TPSA) is 97.0 Å². The van der Waals surface area contributed by atoms with Gasteiger partial charge in [0, 0.05) is 56.7 Å². The van der Waals surface area contributed by atoms with E-state index in [0.29, 0.717) is 51.7 Å². The Morgan fingerprint density at radius 3 is 2.50 bits per heavy atom. The highest BCUT2D eigenvalue weighted by molar-refractivity contribution is 7.12. The number of nitrogens with zero attached hydrogens (tertiary/aromatic N) is 3. The highest BCUT2D eigenvalue weighted by atomic mass is 32.1. The molecule has 3 N–H and O–H groups in total. The Kier molecular flexibility index (Phi) is 9.25. The van der Waals surface area contributed by atoms with Gasteiger partial charge in [-0.25, -0.2) is 4.39 Å². The van der Waals surface area contributed by atoms with Crippen molar-refractivity contribution >= 4 is 57.4 Å². The fourth-order valence-electron chi connectivity index (χ4n) is 5.55. The van der Waals surface area contributed by atoms with Gasteiger partial charge in [-0.3, -0.25) is 19.3 Å². The molecule has 46 heavy (non-hydrogen) atoms. The van der Waals surface area contributed by atoms with Gasteiger partial charge in [0.15, 0.2) is 0 Å². The van der Waals surface area contributed by atoms with Crippen LogP contribution < -0.4 is 20.9 Å².